The lowest BCUT2D eigenvalue weighted by molar-refractivity contribution is 0.432. The van der Waals surface area contributed by atoms with E-state index < -0.39 is 17.4 Å². The van der Waals surface area contributed by atoms with E-state index in [9.17, 15) is 13.9 Å². The van der Waals surface area contributed by atoms with Crippen LogP contribution in [-0.4, -0.2) is 5.11 Å². The third-order valence-electron chi connectivity index (χ3n) is 3.48. The van der Waals surface area contributed by atoms with Crippen molar-refractivity contribution < 1.29 is 13.9 Å². The second-order valence-corrected chi connectivity index (χ2v) is 5.80. The second-order valence-electron chi connectivity index (χ2n) is 4.99. The summed E-state index contributed by atoms with van der Waals surface area (Å²) in [5.41, 5.74) is 2.66. The maximum absolute atomic E-state index is 13.5. The summed E-state index contributed by atoms with van der Waals surface area (Å²) in [6, 6.07) is 13.7. The summed E-state index contributed by atoms with van der Waals surface area (Å²) in [7, 11) is 0. The van der Waals surface area contributed by atoms with E-state index in [1.807, 2.05) is 0 Å². The van der Waals surface area contributed by atoms with Crippen LogP contribution >= 0.6 is 23.2 Å². The first kappa shape index (κ1) is 15.8. The van der Waals surface area contributed by atoms with Crippen LogP contribution in [0.15, 0.2) is 54.6 Å². The molecule has 3 aromatic rings. The summed E-state index contributed by atoms with van der Waals surface area (Å²) >= 11 is 12.1. The lowest BCUT2D eigenvalue weighted by Crippen LogP contribution is -1.85. The van der Waals surface area contributed by atoms with Gasteiger partial charge in [-0.25, -0.2) is 8.78 Å². The summed E-state index contributed by atoms with van der Waals surface area (Å²) in [6.45, 7) is 0. The van der Waals surface area contributed by atoms with Crippen molar-refractivity contribution in [3.63, 3.8) is 0 Å². The minimum atomic E-state index is -0.701. The van der Waals surface area contributed by atoms with Crippen LogP contribution in [0, 0.1) is 11.6 Å². The highest BCUT2D eigenvalue weighted by Crippen LogP contribution is 2.34. The first-order chi connectivity index (χ1) is 11.0. The fraction of sp³-hybridized carbons (Fsp3) is 0. The maximum Gasteiger partial charge on any atom is 0.165 e. The molecule has 0 aliphatic heterocycles. The van der Waals surface area contributed by atoms with Gasteiger partial charge in [0.1, 0.15) is 5.82 Å². The summed E-state index contributed by atoms with van der Waals surface area (Å²) in [4.78, 5) is 0. The van der Waals surface area contributed by atoms with Crippen molar-refractivity contribution in [2.75, 3.05) is 0 Å². The Hall–Kier alpha value is -2.10. The Morgan fingerprint density at radius 2 is 1.26 bits per heavy atom. The van der Waals surface area contributed by atoms with Gasteiger partial charge in [-0.15, -0.1) is 0 Å². The zero-order valence-electron chi connectivity index (χ0n) is 11.7. The van der Waals surface area contributed by atoms with Crippen molar-refractivity contribution in [3.8, 4) is 28.0 Å². The zero-order valence-corrected chi connectivity index (χ0v) is 13.2. The van der Waals surface area contributed by atoms with E-state index in [0.717, 1.165) is 0 Å². The third-order valence-corrected chi connectivity index (χ3v) is 4.08. The van der Waals surface area contributed by atoms with Gasteiger partial charge in [-0.1, -0.05) is 47.5 Å². The minimum Gasteiger partial charge on any atom is -0.505 e. The van der Waals surface area contributed by atoms with Gasteiger partial charge in [0, 0.05) is 10.6 Å². The molecule has 23 heavy (non-hydrogen) atoms. The molecule has 0 fully saturated rings. The zero-order chi connectivity index (χ0) is 16.6. The highest BCUT2D eigenvalue weighted by atomic mass is 35.5. The number of hydrogen-bond acceptors (Lipinski definition) is 1. The summed E-state index contributed by atoms with van der Waals surface area (Å²) in [5, 5.41) is 9.69. The molecule has 0 bridgehead atoms. The highest BCUT2D eigenvalue weighted by Gasteiger charge is 2.10. The Labute approximate surface area is 141 Å². The number of benzene rings is 3. The Morgan fingerprint density at radius 3 is 1.91 bits per heavy atom. The fourth-order valence-corrected chi connectivity index (χ4v) is 2.75. The topological polar surface area (TPSA) is 20.2 Å². The molecule has 116 valence electrons. The molecule has 0 aromatic heterocycles. The van der Waals surface area contributed by atoms with Gasteiger partial charge >= 0.3 is 0 Å². The molecule has 0 unspecified atom stereocenters. The molecule has 0 radical (unpaired) electrons. The number of halogens is 4. The summed E-state index contributed by atoms with van der Waals surface area (Å²) in [5.74, 6) is -1.60. The summed E-state index contributed by atoms with van der Waals surface area (Å²) < 4.78 is 26.7. The van der Waals surface area contributed by atoms with Crippen LogP contribution in [0.1, 0.15) is 0 Å². The lowest BCUT2D eigenvalue weighted by atomic mass is 10.00. The van der Waals surface area contributed by atoms with Crippen LogP contribution in [0.2, 0.25) is 10.0 Å². The van der Waals surface area contributed by atoms with Crippen molar-refractivity contribution in [2.24, 2.45) is 0 Å². The number of hydrogen-bond donors (Lipinski definition) is 1. The predicted octanol–water partition coefficient (Wildman–Crippen LogP) is 6.31. The van der Waals surface area contributed by atoms with Crippen LogP contribution < -0.4 is 0 Å². The standard InChI is InChI=1S/C18H10Cl2F2O/c19-14-7-10(11-3-6-18(23)17(22)9-11)1-4-13(14)12-2-5-16(21)15(20)8-12/h1-9,23H. The minimum absolute atomic E-state index is 0.0169. The van der Waals surface area contributed by atoms with Crippen LogP contribution in [0.25, 0.3) is 22.3 Å². The number of phenols is 1. The Balaban J connectivity index is 2.03. The normalized spacial score (nSPS) is 10.8. The van der Waals surface area contributed by atoms with E-state index in [-0.39, 0.29) is 5.02 Å². The average molecular weight is 351 g/mol. The molecular formula is C18H10Cl2F2O. The quantitative estimate of drug-likeness (QED) is 0.573. The van der Waals surface area contributed by atoms with Gasteiger partial charge in [0.25, 0.3) is 0 Å². The molecule has 3 aromatic carbocycles. The van der Waals surface area contributed by atoms with Gasteiger partial charge in [-0.3, -0.25) is 0 Å². The molecule has 5 heteroatoms. The number of phenolic OH excluding ortho intramolecular Hbond substituents is 1. The van der Waals surface area contributed by atoms with Crippen LogP contribution in [0.4, 0.5) is 8.78 Å². The van der Waals surface area contributed by atoms with Crippen LogP contribution in [0.3, 0.4) is 0 Å². The van der Waals surface area contributed by atoms with E-state index in [1.54, 1.807) is 30.3 Å². The van der Waals surface area contributed by atoms with Gasteiger partial charge in [0.05, 0.1) is 5.02 Å². The molecule has 0 saturated heterocycles. The second kappa shape index (κ2) is 6.19. The monoisotopic (exact) mass is 350 g/mol. The average Bonchev–Trinajstić information content (AvgIpc) is 2.53. The first-order valence-corrected chi connectivity index (χ1v) is 7.45. The molecule has 0 atom stereocenters. The first-order valence-electron chi connectivity index (χ1n) is 6.69. The Kier molecular flexibility index (Phi) is 4.24. The Morgan fingerprint density at radius 1 is 0.652 bits per heavy atom. The SMILES string of the molecule is Oc1ccc(-c2ccc(-c3ccc(F)c(Cl)c3)c(Cl)c2)cc1F. The number of aromatic hydroxyl groups is 1. The van der Waals surface area contributed by atoms with E-state index in [0.29, 0.717) is 27.3 Å². The van der Waals surface area contributed by atoms with Crippen molar-refractivity contribution in [3.05, 3.63) is 76.3 Å². The van der Waals surface area contributed by atoms with Gasteiger partial charge in [0.15, 0.2) is 11.6 Å². The highest BCUT2D eigenvalue weighted by molar-refractivity contribution is 6.34. The van der Waals surface area contributed by atoms with E-state index in [4.69, 9.17) is 23.2 Å². The molecule has 1 N–H and O–H groups in total. The van der Waals surface area contributed by atoms with Crippen LogP contribution in [0.5, 0.6) is 5.75 Å². The lowest BCUT2D eigenvalue weighted by Gasteiger charge is -2.09. The van der Waals surface area contributed by atoms with Gasteiger partial charge in [-0.05, 0) is 47.0 Å². The molecule has 0 heterocycles. The molecular weight excluding hydrogens is 341 g/mol. The van der Waals surface area contributed by atoms with Crippen molar-refractivity contribution >= 4 is 23.2 Å². The smallest absolute Gasteiger partial charge is 0.165 e. The molecule has 0 spiro atoms. The largest absolute Gasteiger partial charge is 0.505 e. The Bertz CT molecular complexity index is 894. The molecule has 0 saturated carbocycles. The van der Waals surface area contributed by atoms with E-state index in [2.05, 4.69) is 0 Å². The fourth-order valence-electron chi connectivity index (χ4n) is 2.28. The van der Waals surface area contributed by atoms with Crippen molar-refractivity contribution in [1.29, 1.82) is 0 Å². The maximum atomic E-state index is 13.5. The number of rotatable bonds is 2. The van der Waals surface area contributed by atoms with Gasteiger partial charge in [-0.2, -0.15) is 0 Å². The molecule has 0 aliphatic rings. The predicted molar refractivity (Wildman–Crippen MR) is 88.9 cm³/mol. The van der Waals surface area contributed by atoms with Crippen molar-refractivity contribution in [1.82, 2.24) is 0 Å². The molecule has 3 rings (SSSR count). The van der Waals surface area contributed by atoms with Crippen molar-refractivity contribution in [2.45, 2.75) is 0 Å². The summed E-state index contributed by atoms with van der Waals surface area (Å²) in [6.07, 6.45) is 0. The van der Waals surface area contributed by atoms with E-state index in [1.165, 1.54) is 24.3 Å². The molecule has 0 amide bonds. The van der Waals surface area contributed by atoms with Gasteiger partial charge in [0.2, 0.25) is 0 Å². The molecule has 0 aliphatic carbocycles. The molecule has 1 nitrogen and oxygen atoms in total. The van der Waals surface area contributed by atoms with E-state index >= 15 is 0 Å². The third kappa shape index (κ3) is 3.16. The van der Waals surface area contributed by atoms with Gasteiger partial charge < -0.3 is 5.11 Å². The van der Waals surface area contributed by atoms with Crippen LogP contribution in [-0.2, 0) is 0 Å².